The molecule has 0 aromatic carbocycles. The molecular formula is C9H17N2O2-. The molecule has 0 aromatic rings. The van der Waals surface area contributed by atoms with Gasteiger partial charge in [0.05, 0.1) is 6.10 Å². The molecule has 1 rings (SSSR count). The van der Waals surface area contributed by atoms with Crippen molar-refractivity contribution in [2.75, 3.05) is 6.50 Å². The third-order valence-corrected chi connectivity index (χ3v) is 1.53. The van der Waals surface area contributed by atoms with Crippen LogP contribution in [0.4, 0.5) is 0 Å². The quantitative estimate of drug-likeness (QED) is 0.628. The van der Waals surface area contributed by atoms with Crippen LogP contribution in [0.1, 0.15) is 39.1 Å². The maximum atomic E-state index is 10.6. The molecule has 0 spiro atoms. The monoisotopic (exact) mass is 193 g/mol. The van der Waals surface area contributed by atoms with Gasteiger partial charge in [-0.25, -0.2) is 0 Å². The molecule has 0 bridgehead atoms. The predicted molar refractivity (Wildman–Crippen MR) is 52.4 cm³/mol. The molecule has 4 nitrogen and oxygen atoms in total. The van der Waals surface area contributed by atoms with Crippen molar-refractivity contribution in [1.29, 1.82) is 0 Å². The Morgan fingerprint density at radius 2 is 2.54 bits per heavy atom. The zero-order chi connectivity index (χ0) is 13.4. The molecule has 0 saturated carbocycles. The molecule has 1 fully saturated rings. The first-order chi connectivity index (χ1) is 7.63. The third-order valence-electron chi connectivity index (χ3n) is 1.53. The Kier molecular flexibility index (Phi) is 2.11. The minimum Gasteiger partial charge on any atom is -0.792 e. The summed E-state index contributed by atoms with van der Waals surface area (Å²) in [6.45, 7) is 2.75. The second-order valence-electron chi connectivity index (χ2n) is 3.15. The molecule has 76 valence electrons. The van der Waals surface area contributed by atoms with E-state index in [4.69, 9.17) is 10.3 Å². The van der Waals surface area contributed by atoms with Gasteiger partial charge in [-0.05, 0) is 20.8 Å². The van der Waals surface area contributed by atoms with Crippen molar-refractivity contribution in [2.45, 2.75) is 45.7 Å². The smallest absolute Gasteiger partial charge is 0.0737 e. The summed E-state index contributed by atoms with van der Waals surface area (Å²) >= 11 is 0. The van der Waals surface area contributed by atoms with Gasteiger partial charge in [-0.1, -0.05) is 0 Å². The molecule has 2 unspecified atom stereocenters. The van der Waals surface area contributed by atoms with Gasteiger partial charge in [0, 0.05) is 36.5 Å². The highest BCUT2D eigenvalue weighted by Gasteiger charge is 2.22. The maximum Gasteiger partial charge on any atom is 0.0737 e. The molecule has 0 aliphatic carbocycles. The van der Waals surface area contributed by atoms with Gasteiger partial charge in [-0.15, -0.1) is 0 Å². The summed E-state index contributed by atoms with van der Waals surface area (Å²) in [5.74, 6) is 0. The van der Waals surface area contributed by atoms with Gasteiger partial charge >= 0.3 is 0 Å². The zero-order valence-electron chi connectivity index (χ0n) is 12.1. The molecule has 0 N–H and O–H groups in total. The van der Waals surface area contributed by atoms with Gasteiger partial charge in [-0.2, -0.15) is 5.06 Å². The van der Waals surface area contributed by atoms with Crippen LogP contribution in [0.2, 0.25) is 0 Å². The Hall–Kier alpha value is -0.610. The summed E-state index contributed by atoms with van der Waals surface area (Å²) < 4.78 is 31.4. The molecule has 13 heavy (non-hydrogen) atoms. The largest absolute Gasteiger partial charge is 0.792 e. The molecular weight excluding hydrogens is 168 g/mol. The van der Waals surface area contributed by atoms with Crippen LogP contribution < -0.4 is 0 Å². The van der Waals surface area contributed by atoms with Crippen molar-refractivity contribution < 1.29 is 10.3 Å². The van der Waals surface area contributed by atoms with Crippen LogP contribution in [0, 0.1) is 5.21 Å². The highest BCUT2D eigenvalue weighted by molar-refractivity contribution is 5.85. The lowest BCUT2D eigenvalue weighted by molar-refractivity contribution is -0.210. The highest BCUT2D eigenvalue weighted by atomic mass is 16.7. The first kappa shape index (κ1) is 5.98. The molecule has 1 heterocycles. The first-order valence-corrected chi connectivity index (χ1v) is 4.21. The van der Waals surface area contributed by atoms with Crippen LogP contribution in [0.3, 0.4) is 0 Å². The topological polar surface area (TPSA) is 47.9 Å². The van der Waals surface area contributed by atoms with Crippen molar-refractivity contribution in [2.24, 2.45) is 5.16 Å². The lowest BCUT2D eigenvalue weighted by atomic mass is 10.0. The Morgan fingerprint density at radius 3 is 3.08 bits per heavy atom. The molecule has 4 heteroatoms. The summed E-state index contributed by atoms with van der Waals surface area (Å²) in [6, 6.07) is -1.69. The van der Waals surface area contributed by atoms with Crippen LogP contribution in [0.5, 0.6) is 0 Å². The molecule has 0 radical (unpaired) electrons. The van der Waals surface area contributed by atoms with Gasteiger partial charge in [0.15, 0.2) is 0 Å². The molecule has 1 aliphatic rings. The van der Waals surface area contributed by atoms with E-state index in [-0.39, 0.29) is 18.2 Å². The number of hydrogen-bond acceptors (Lipinski definition) is 4. The Bertz CT molecular complexity index is 320. The molecule has 0 aromatic heterocycles. The molecule has 0 amide bonds. The fraction of sp³-hybridized carbons (Fsp3) is 0.889. The van der Waals surface area contributed by atoms with Gasteiger partial charge < -0.3 is 10.4 Å². The fourth-order valence-corrected chi connectivity index (χ4v) is 1.02. The highest BCUT2D eigenvalue weighted by Crippen LogP contribution is 2.16. The van der Waals surface area contributed by atoms with Crippen LogP contribution in [0.25, 0.3) is 0 Å². The Labute approximate surface area is 84.7 Å². The second-order valence-corrected chi connectivity index (χ2v) is 3.15. The molecule has 2 atom stereocenters. The van der Waals surface area contributed by atoms with E-state index in [2.05, 4.69) is 5.16 Å². The van der Waals surface area contributed by atoms with Crippen LogP contribution in [-0.4, -0.2) is 29.4 Å². The van der Waals surface area contributed by atoms with E-state index in [9.17, 15) is 5.21 Å². The number of nitrogens with zero attached hydrogens (tertiary/aromatic N) is 2. The van der Waals surface area contributed by atoms with Gasteiger partial charge in [0.2, 0.25) is 0 Å². The maximum absolute atomic E-state index is 10.6. The van der Waals surface area contributed by atoms with E-state index in [1.165, 1.54) is 6.92 Å². The number of hydroxylamine groups is 2. The summed E-state index contributed by atoms with van der Waals surface area (Å²) in [5, 5.41) is 14.1. The average Bonchev–Trinajstić information content (AvgIpc) is 2.19. The Morgan fingerprint density at radius 1 is 1.85 bits per heavy atom. The molecule has 1 aliphatic heterocycles. The van der Waals surface area contributed by atoms with E-state index in [0.717, 1.165) is 5.06 Å². The minimum atomic E-state index is -2.01. The van der Waals surface area contributed by atoms with E-state index < -0.39 is 18.9 Å². The third kappa shape index (κ3) is 2.97. The van der Waals surface area contributed by atoms with E-state index in [0.29, 0.717) is 0 Å². The standard InChI is InChI=1S/C9H18N2O2/c1-7(2)13-11-5-4-9(10-12)6-8(11)3/h7-8,12H,4-6H2,1-3H3/p-1/i5T2,6T,8T. The first-order valence-electron chi connectivity index (χ1n) is 6.29. The van der Waals surface area contributed by atoms with E-state index in [1.807, 2.05) is 0 Å². The number of piperidine rings is 1. The van der Waals surface area contributed by atoms with Gasteiger partial charge in [0.1, 0.15) is 0 Å². The molecule has 1 saturated heterocycles. The van der Waals surface area contributed by atoms with Crippen LogP contribution in [-0.2, 0) is 4.84 Å². The summed E-state index contributed by atoms with van der Waals surface area (Å²) in [4.78, 5) is 5.28. The van der Waals surface area contributed by atoms with Crippen LogP contribution >= 0.6 is 0 Å². The lowest BCUT2D eigenvalue weighted by Crippen LogP contribution is -2.42. The summed E-state index contributed by atoms with van der Waals surface area (Å²) in [6.07, 6.45) is -1.85. The normalized spacial score (nSPS) is 48.3. The average molecular weight is 193 g/mol. The van der Waals surface area contributed by atoms with Crippen molar-refractivity contribution >= 4 is 5.71 Å². The minimum absolute atomic E-state index is 0.156. The summed E-state index contributed by atoms with van der Waals surface area (Å²) in [5.41, 5.74) is -0.156. The lowest BCUT2D eigenvalue weighted by Gasteiger charge is -2.34. The number of rotatable bonds is 2. The van der Waals surface area contributed by atoms with Crippen molar-refractivity contribution in [3.05, 3.63) is 5.21 Å². The SMILES string of the molecule is [3H]C1C(=N[O-])CC([3H])([3H])N(OC(C)C)C1([3H])C. The van der Waals surface area contributed by atoms with Crippen molar-refractivity contribution in [3.63, 3.8) is 0 Å². The van der Waals surface area contributed by atoms with Crippen molar-refractivity contribution in [3.8, 4) is 0 Å². The van der Waals surface area contributed by atoms with Gasteiger partial charge in [-0.3, -0.25) is 4.84 Å². The van der Waals surface area contributed by atoms with E-state index in [1.54, 1.807) is 13.8 Å². The van der Waals surface area contributed by atoms with Gasteiger partial charge in [0.25, 0.3) is 0 Å². The number of hydrogen-bond donors (Lipinski definition) is 0. The summed E-state index contributed by atoms with van der Waals surface area (Å²) in [7, 11) is 0. The zero-order valence-corrected chi connectivity index (χ0v) is 8.07. The second kappa shape index (κ2) is 4.58. The van der Waals surface area contributed by atoms with Crippen molar-refractivity contribution in [1.82, 2.24) is 5.06 Å². The predicted octanol–water partition coefficient (Wildman–Crippen LogP) is 1.75. The fourth-order valence-electron chi connectivity index (χ4n) is 1.02. The van der Waals surface area contributed by atoms with E-state index >= 15 is 0 Å². The van der Waals surface area contributed by atoms with Crippen LogP contribution in [0.15, 0.2) is 5.16 Å². The Balaban J connectivity index is 3.10.